The van der Waals surface area contributed by atoms with Crippen molar-refractivity contribution in [2.75, 3.05) is 12.4 Å². The predicted molar refractivity (Wildman–Crippen MR) is 84.6 cm³/mol. The molecule has 7 nitrogen and oxygen atoms in total. The van der Waals surface area contributed by atoms with E-state index in [1.54, 1.807) is 36.7 Å². The van der Waals surface area contributed by atoms with Crippen LogP contribution in [0.2, 0.25) is 0 Å². The number of carboxylic acids is 1. The van der Waals surface area contributed by atoms with Crippen LogP contribution in [0.3, 0.4) is 0 Å². The highest BCUT2D eigenvalue weighted by Gasteiger charge is 2.51. The van der Waals surface area contributed by atoms with E-state index in [1.165, 1.54) is 16.7 Å². The molecule has 3 N–H and O–H groups in total. The smallest absolute Gasteiger partial charge is 0.352 e. The molecule has 3 rings (SSSR count). The maximum Gasteiger partial charge on any atom is 0.352 e. The molecule has 0 bridgehead atoms. The Kier molecular flexibility index (Phi) is 4.35. The van der Waals surface area contributed by atoms with Gasteiger partial charge in [0.25, 0.3) is 0 Å². The van der Waals surface area contributed by atoms with Gasteiger partial charge >= 0.3 is 5.97 Å². The van der Waals surface area contributed by atoms with Gasteiger partial charge in [0.2, 0.25) is 5.91 Å². The van der Waals surface area contributed by atoms with Crippen molar-refractivity contribution in [3.05, 3.63) is 47.9 Å². The number of nitrogens with zero attached hydrogens (tertiary/aromatic N) is 2. The molecule has 0 spiro atoms. The summed E-state index contributed by atoms with van der Waals surface area (Å²) in [6.45, 7) is 0.281. The van der Waals surface area contributed by atoms with E-state index in [2.05, 4.69) is 4.98 Å². The minimum absolute atomic E-state index is 0.0121. The standard InChI is InChI=1S/C15H15N3O4S/c16-11-13(19)18-12(15(20)21)9(8-23-14(11)18)3-2-6-22-10-4-1-5-17-7-10/h1-5,7,11,14H,6,8,16H2,(H,20,21)/b3-2-/t11-,14-/m1/s1. The zero-order valence-corrected chi connectivity index (χ0v) is 12.9. The summed E-state index contributed by atoms with van der Waals surface area (Å²) in [7, 11) is 0. The molecule has 0 aromatic carbocycles. The number of fused-ring (bicyclic) bond motifs is 1. The second kappa shape index (κ2) is 6.43. The number of hydrogen-bond donors (Lipinski definition) is 2. The maximum absolute atomic E-state index is 11.8. The van der Waals surface area contributed by atoms with Crippen LogP contribution in [-0.2, 0) is 9.59 Å². The van der Waals surface area contributed by atoms with Crippen molar-refractivity contribution < 1.29 is 19.4 Å². The third-order valence-corrected chi connectivity index (χ3v) is 4.86. The predicted octanol–water partition coefficient (Wildman–Crippen LogP) is 0.598. The molecule has 23 heavy (non-hydrogen) atoms. The molecule has 2 atom stereocenters. The molecule has 120 valence electrons. The Morgan fingerprint density at radius 2 is 2.43 bits per heavy atom. The lowest BCUT2D eigenvalue weighted by atomic mass is 10.0. The van der Waals surface area contributed by atoms with Crippen molar-refractivity contribution in [3.8, 4) is 5.75 Å². The van der Waals surface area contributed by atoms with Gasteiger partial charge in [0, 0.05) is 11.9 Å². The number of carboxylic acid groups (broad SMARTS) is 1. The number of pyridine rings is 1. The summed E-state index contributed by atoms with van der Waals surface area (Å²) < 4.78 is 5.47. The fourth-order valence-electron chi connectivity index (χ4n) is 2.43. The average Bonchev–Trinajstić information content (AvgIpc) is 2.58. The number of carbonyl (C=O) groups is 2. The molecular weight excluding hydrogens is 318 g/mol. The van der Waals surface area contributed by atoms with Crippen molar-refractivity contribution in [1.29, 1.82) is 0 Å². The summed E-state index contributed by atoms with van der Waals surface area (Å²) in [5, 5.41) is 9.11. The molecule has 1 saturated heterocycles. The van der Waals surface area contributed by atoms with Crippen LogP contribution < -0.4 is 10.5 Å². The number of β-lactam (4-membered cyclic amide) rings is 1. The van der Waals surface area contributed by atoms with Crippen LogP contribution in [0, 0.1) is 0 Å². The van der Waals surface area contributed by atoms with Gasteiger partial charge < -0.3 is 15.6 Å². The number of nitrogens with two attached hydrogens (primary N) is 1. The van der Waals surface area contributed by atoms with Gasteiger partial charge in [-0.25, -0.2) is 4.79 Å². The summed E-state index contributed by atoms with van der Waals surface area (Å²) in [6.07, 6.45) is 6.64. The van der Waals surface area contributed by atoms with E-state index < -0.39 is 12.0 Å². The minimum atomic E-state index is -1.12. The Hall–Kier alpha value is -2.32. The highest BCUT2D eigenvalue weighted by atomic mass is 32.2. The molecule has 0 aliphatic carbocycles. The van der Waals surface area contributed by atoms with Crippen LogP contribution in [0.5, 0.6) is 5.75 Å². The van der Waals surface area contributed by atoms with Crippen molar-refractivity contribution in [1.82, 2.24) is 9.88 Å². The number of ether oxygens (including phenoxy) is 1. The molecule has 8 heteroatoms. The molecular formula is C15H15N3O4S. The van der Waals surface area contributed by atoms with E-state index >= 15 is 0 Å². The fourth-order valence-corrected chi connectivity index (χ4v) is 3.70. The highest BCUT2D eigenvalue weighted by Crippen LogP contribution is 2.39. The Labute approximate surface area is 136 Å². The van der Waals surface area contributed by atoms with E-state index in [4.69, 9.17) is 10.5 Å². The van der Waals surface area contributed by atoms with E-state index in [-0.39, 0.29) is 23.6 Å². The van der Waals surface area contributed by atoms with Crippen LogP contribution in [0.4, 0.5) is 0 Å². The lowest BCUT2D eigenvalue weighted by molar-refractivity contribution is -0.147. The third kappa shape index (κ3) is 2.95. The third-order valence-electron chi connectivity index (χ3n) is 3.54. The summed E-state index contributed by atoms with van der Waals surface area (Å²) in [5.74, 6) is -0.347. The zero-order valence-electron chi connectivity index (χ0n) is 12.1. The molecule has 0 saturated carbocycles. The number of carbonyl (C=O) groups excluding carboxylic acids is 1. The number of rotatable bonds is 5. The van der Waals surface area contributed by atoms with Crippen LogP contribution >= 0.6 is 11.8 Å². The van der Waals surface area contributed by atoms with Crippen molar-refractivity contribution in [3.63, 3.8) is 0 Å². The number of allylic oxidation sites excluding steroid dienone is 1. The van der Waals surface area contributed by atoms with Crippen molar-refractivity contribution in [2.24, 2.45) is 5.73 Å². The van der Waals surface area contributed by atoms with Gasteiger partial charge in [0.1, 0.15) is 29.5 Å². The van der Waals surface area contributed by atoms with Gasteiger partial charge in [-0.05, 0) is 23.8 Å². The molecule has 0 unspecified atom stereocenters. The monoisotopic (exact) mass is 333 g/mol. The number of hydrogen-bond acceptors (Lipinski definition) is 6. The second-order valence-corrected chi connectivity index (χ2v) is 6.12. The van der Waals surface area contributed by atoms with E-state index in [0.29, 0.717) is 17.1 Å². The van der Waals surface area contributed by atoms with Crippen LogP contribution in [0.1, 0.15) is 0 Å². The minimum Gasteiger partial charge on any atom is -0.488 e. The van der Waals surface area contributed by atoms with Gasteiger partial charge in [0.15, 0.2) is 0 Å². The van der Waals surface area contributed by atoms with Gasteiger partial charge in [-0.3, -0.25) is 14.7 Å². The number of amides is 1. The molecule has 1 aromatic rings. The van der Waals surface area contributed by atoms with Crippen molar-refractivity contribution >= 4 is 23.6 Å². The second-order valence-electron chi connectivity index (χ2n) is 5.02. The van der Waals surface area contributed by atoms with Crippen LogP contribution in [-0.4, -0.2) is 50.6 Å². The molecule has 1 fully saturated rings. The highest BCUT2D eigenvalue weighted by molar-refractivity contribution is 8.00. The molecule has 2 aliphatic heterocycles. The van der Waals surface area contributed by atoms with Crippen LogP contribution in [0.15, 0.2) is 47.9 Å². The largest absolute Gasteiger partial charge is 0.488 e. The molecule has 1 aromatic heterocycles. The summed E-state index contributed by atoms with van der Waals surface area (Å²) in [4.78, 5) is 28.5. The van der Waals surface area contributed by atoms with Gasteiger partial charge in [-0.1, -0.05) is 6.08 Å². The average molecular weight is 333 g/mol. The molecule has 2 aliphatic rings. The number of aromatic nitrogens is 1. The lowest BCUT2D eigenvalue weighted by Crippen LogP contribution is -2.68. The summed E-state index contributed by atoms with van der Waals surface area (Å²) in [5.41, 5.74) is 6.29. The quantitative estimate of drug-likeness (QED) is 0.760. The maximum atomic E-state index is 11.8. The molecule has 3 heterocycles. The van der Waals surface area contributed by atoms with Crippen LogP contribution in [0.25, 0.3) is 0 Å². The molecule has 1 amide bonds. The first kappa shape index (κ1) is 15.6. The van der Waals surface area contributed by atoms with E-state index in [1.807, 2.05) is 0 Å². The summed E-state index contributed by atoms with van der Waals surface area (Å²) >= 11 is 1.47. The Morgan fingerprint density at radius 3 is 3.13 bits per heavy atom. The first-order chi connectivity index (χ1) is 11.1. The Morgan fingerprint density at radius 1 is 1.61 bits per heavy atom. The normalized spacial score (nSPS) is 23.7. The van der Waals surface area contributed by atoms with E-state index in [0.717, 1.165) is 0 Å². The first-order valence-corrected chi connectivity index (χ1v) is 8.00. The van der Waals surface area contributed by atoms with Gasteiger partial charge in [-0.2, -0.15) is 0 Å². The lowest BCUT2D eigenvalue weighted by Gasteiger charge is -2.47. The SMILES string of the molecule is N[C@@H]1C(=O)N2C(C(=O)O)=C(/C=C\COc3cccnc3)CS[C@H]12. The summed E-state index contributed by atoms with van der Waals surface area (Å²) in [6, 6.07) is 2.93. The van der Waals surface area contributed by atoms with Crippen molar-refractivity contribution in [2.45, 2.75) is 11.4 Å². The molecule has 0 radical (unpaired) electrons. The topological polar surface area (TPSA) is 106 Å². The number of aliphatic carboxylic acids is 1. The Bertz CT molecular complexity index is 689. The van der Waals surface area contributed by atoms with Gasteiger partial charge in [0.05, 0.1) is 6.20 Å². The Balaban J connectivity index is 1.71. The number of thioether (sulfide) groups is 1. The van der Waals surface area contributed by atoms with E-state index in [9.17, 15) is 14.7 Å². The zero-order chi connectivity index (χ0) is 16.4. The first-order valence-electron chi connectivity index (χ1n) is 6.95. The van der Waals surface area contributed by atoms with Gasteiger partial charge in [-0.15, -0.1) is 11.8 Å². The fraction of sp³-hybridized carbons (Fsp3) is 0.267.